The quantitative estimate of drug-likeness (QED) is 0.427. The van der Waals surface area contributed by atoms with Crippen LogP contribution >= 0.6 is 0 Å². The van der Waals surface area contributed by atoms with Crippen LogP contribution < -0.4 is 0 Å². The molecule has 4 heteroatoms. The molecule has 0 unspecified atom stereocenters. The van der Waals surface area contributed by atoms with Crippen LogP contribution in [0.5, 0.6) is 0 Å². The predicted molar refractivity (Wildman–Crippen MR) is 107 cm³/mol. The second-order valence-electron chi connectivity index (χ2n) is 6.79. The summed E-state index contributed by atoms with van der Waals surface area (Å²) in [5, 5.41) is 0. The summed E-state index contributed by atoms with van der Waals surface area (Å²) >= 11 is 0. The second-order valence-corrected chi connectivity index (χ2v) is 6.79. The average molecular weight is 357 g/mol. The summed E-state index contributed by atoms with van der Waals surface area (Å²) < 4.78 is 16.3. The van der Waals surface area contributed by atoms with Gasteiger partial charge in [-0.15, -0.1) is 0 Å². The lowest BCUT2D eigenvalue weighted by molar-refractivity contribution is 0.630. The van der Waals surface area contributed by atoms with Gasteiger partial charge in [0.15, 0.2) is 11.5 Å². The standard InChI is InChI=1S/C23H20FN3/c1-16(2)21-15-27-14-19(13-20(24)23(27)26-21)25-22(17-9-5-3-6-10-17)18-11-7-4-8-12-18/h3-16H,1-2H3. The zero-order valence-corrected chi connectivity index (χ0v) is 15.3. The summed E-state index contributed by atoms with van der Waals surface area (Å²) in [7, 11) is 0. The first kappa shape index (κ1) is 17.2. The van der Waals surface area contributed by atoms with Gasteiger partial charge in [-0.05, 0) is 5.92 Å². The largest absolute Gasteiger partial charge is 0.302 e. The molecule has 2 heterocycles. The first-order chi connectivity index (χ1) is 13.1. The highest BCUT2D eigenvalue weighted by atomic mass is 19.1. The van der Waals surface area contributed by atoms with Crippen molar-refractivity contribution in [2.75, 3.05) is 0 Å². The minimum atomic E-state index is -0.372. The predicted octanol–water partition coefficient (Wildman–Crippen LogP) is 5.77. The van der Waals surface area contributed by atoms with Crippen molar-refractivity contribution in [3.05, 3.63) is 102 Å². The fraction of sp³-hybridized carbons (Fsp3) is 0.130. The van der Waals surface area contributed by atoms with Crippen LogP contribution in [-0.4, -0.2) is 15.1 Å². The van der Waals surface area contributed by atoms with Crippen molar-refractivity contribution in [3.63, 3.8) is 0 Å². The van der Waals surface area contributed by atoms with Gasteiger partial charge in [-0.25, -0.2) is 14.4 Å². The Balaban J connectivity index is 1.87. The lowest BCUT2D eigenvalue weighted by Gasteiger charge is -2.08. The highest BCUT2D eigenvalue weighted by Crippen LogP contribution is 2.23. The van der Waals surface area contributed by atoms with Crippen LogP contribution in [0.3, 0.4) is 0 Å². The zero-order chi connectivity index (χ0) is 18.8. The summed E-state index contributed by atoms with van der Waals surface area (Å²) in [5.41, 5.74) is 4.52. The van der Waals surface area contributed by atoms with E-state index in [1.165, 1.54) is 6.07 Å². The van der Waals surface area contributed by atoms with E-state index in [1.54, 1.807) is 4.40 Å². The number of aliphatic imine (C=N–C) groups is 1. The maximum atomic E-state index is 14.6. The fourth-order valence-corrected chi connectivity index (χ4v) is 3.02. The molecule has 0 fully saturated rings. The van der Waals surface area contributed by atoms with Gasteiger partial charge in [0.05, 0.1) is 17.1 Å². The molecule has 0 radical (unpaired) electrons. The van der Waals surface area contributed by atoms with Crippen molar-refractivity contribution < 1.29 is 4.39 Å². The molecule has 0 bridgehead atoms. The molecule has 134 valence electrons. The highest BCUT2D eigenvalue weighted by molar-refractivity contribution is 6.13. The summed E-state index contributed by atoms with van der Waals surface area (Å²) in [6, 6.07) is 21.3. The molecule has 2 aromatic heterocycles. The molecular formula is C23H20FN3. The molecular weight excluding hydrogens is 337 g/mol. The van der Waals surface area contributed by atoms with E-state index in [0.717, 1.165) is 22.5 Å². The Morgan fingerprint density at radius 1 is 0.926 bits per heavy atom. The lowest BCUT2D eigenvalue weighted by Crippen LogP contribution is -2.02. The topological polar surface area (TPSA) is 29.7 Å². The molecule has 0 atom stereocenters. The van der Waals surface area contributed by atoms with Crippen LogP contribution in [0.1, 0.15) is 36.6 Å². The first-order valence-corrected chi connectivity index (χ1v) is 8.99. The number of fused-ring (bicyclic) bond motifs is 1. The Morgan fingerprint density at radius 2 is 1.52 bits per heavy atom. The number of hydrogen-bond acceptors (Lipinski definition) is 2. The normalized spacial score (nSPS) is 11.1. The first-order valence-electron chi connectivity index (χ1n) is 8.99. The number of imidazole rings is 1. The molecule has 0 saturated carbocycles. The van der Waals surface area contributed by atoms with Gasteiger partial charge in [0.2, 0.25) is 0 Å². The molecule has 4 rings (SSSR count). The van der Waals surface area contributed by atoms with E-state index in [0.29, 0.717) is 11.3 Å². The molecule has 4 aromatic rings. The van der Waals surface area contributed by atoms with Crippen LogP contribution in [0.15, 0.2) is 84.1 Å². The van der Waals surface area contributed by atoms with E-state index >= 15 is 0 Å². The van der Waals surface area contributed by atoms with Crippen LogP contribution in [0.4, 0.5) is 10.1 Å². The molecule has 0 aliphatic rings. The van der Waals surface area contributed by atoms with E-state index in [4.69, 9.17) is 4.99 Å². The third-order valence-corrected chi connectivity index (χ3v) is 4.44. The Kier molecular flexibility index (Phi) is 4.55. The van der Waals surface area contributed by atoms with E-state index in [2.05, 4.69) is 4.98 Å². The van der Waals surface area contributed by atoms with Crippen molar-refractivity contribution in [3.8, 4) is 0 Å². The number of benzene rings is 2. The van der Waals surface area contributed by atoms with Crippen LogP contribution in [-0.2, 0) is 0 Å². The molecule has 0 aliphatic carbocycles. The summed E-state index contributed by atoms with van der Waals surface area (Å²) in [4.78, 5) is 9.18. The Labute approximate surface area is 157 Å². The van der Waals surface area contributed by atoms with Crippen molar-refractivity contribution in [1.82, 2.24) is 9.38 Å². The van der Waals surface area contributed by atoms with Crippen LogP contribution in [0.2, 0.25) is 0 Å². The van der Waals surface area contributed by atoms with Gasteiger partial charge in [-0.2, -0.15) is 0 Å². The summed E-state index contributed by atoms with van der Waals surface area (Å²) in [5.74, 6) is -0.135. The Morgan fingerprint density at radius 3 is 2.07 bits per heavy atom. The SMILES string of the molecule is CC(C)c1cn2cc(N=C(c3ccccc3)c3ccccc3)cc(F)c2n1. The molecule has 0 saturated heterocycles. The maximum Gasteiger partial charge on any atom is 0.173 e. The number of rotatable bonds is 4. The minimum absolute atomic E-state index is 0.237. The maximum absolute atomic E-state index is 14.6. The molecule has 0 spiro atoms. The van der Waals surface area contributed by atoms with Crippen molar-refractivity contribution >= 4 is 17.0 Å². The Bertz CT molecular complexity index is 1060. The van der Waals surface area contributed by atoms with Crippen LogP contribution in [0.25, 0.3) is 5.65 Å². The van der Waals surface area contributed by atoms with Gasteiger partial charge in [0, 0.05) is 29.6 Å². The van der Waals surface area contributed by atoms with Gasteiger partial charge < -0.3 is 4.40 Å². The van der Waals surface area contributed by atoms with E-state index in [-0.39, 0.29) is 11.7 Å². The molecule has 0 amide bonds. The van der Waals surface area contributed by atoms with Crippen molar-refractivity contribution in [2.45, 2.75) is 19.8 Å². The van der Waals surface area contributed by atoms with Gasteiger partial charge in [0.25, 0.3) is 0 Å². The number of halogens is 1. The lowest BCUT2D eigenvalue weighted by atomic mass is 10.0. The third kappa shape index (κ3) is 3.51. The molecule has 3 nitrogen and oxygen atoms in total. The van der Waals surface area contributed by atoms with E-state index < -0.39 is 0 Å². The number of pyridine rings is 1. The fourth-order valence-electron chi connectivity index (χ4n) is 3.02. The van der Waals surface area contributed by atoms with Gasteiger partial charge in [0.1, 0.15) is 0 Å². The average Bonchev–Trinajstić information content (AvgIpc) is 3.13. The monoisotopic (exact) mass is 357 g/mol. The smallest absolute Gasteiger partial charge is 0.173 e. The third-order valence-electron chi connectivity index (χ3n) is 4.44. The van der Waals surface area contributed by atoms with Crippen molar-refractivity contribution in [2.24, 2.45) is 4.99 Å². The molecule has 27 heavy (non-hydrogen) atoms. The highest BCUT2D eigenvalue weighted by Gasteiger charge is 2.12. The minimum Gasteiger partial charge on any atom is -0.302 e. The van der Waals surface area contributed by atoms with E-state index in [1.807, 2.05) is 86.9 Å². The van der Waals surface area contributed by atoms with Crippen molar-refractivity contribution in [1.29, 1.82) is 0 Å². The van der Waals surface area contributed by atoms with Crippen LogP contribution in [0, 0.1) is 5.82 Å². The van der Waals surface area contributed by atoms with Gasteiger partial charge >= 0.3 is 0 Å². The summed E-state index contributed by atoms with van der Waals surface area (Å²) in [6.45, 7) is 4.09. The van der Waals surface area contributed by atoms with E-state index in [9.17, 15) is 4.39 Å². The van der Waals surface area contributed by atoms with Gasteiger partial charge in [-0.1, -0.05) is 74.5 Å². The molecule has 2 aromatic carbocycles. The number of aromatic nitrogens is 2. The second kappa shape index (κ2) is 7.16. The summed E-state index contributed by atoms with van der Waals surface area (Å²) in [6.07, 6.45) is 3.69. The number of nitrogens with zero attached hydrogens (tertiary/aromatic N) is 3. The van der Waals surface area contributed by atoms with Gasteiger partial charge in [-0.3, -0.25) is 0 Å². The molecule has 0 N–H and O–H groups in total. The zero-order valence-electron chi connectivity index (χ0n) is 15.3. The molecule has 0 aliphatic heterocycles. The number of hydrogen-bond donors (Lipinski definition) is 0. The Hall–Kier alpha value is -3.27.